The van der Waals surface area contributed by atoms with Gasteiger partial charge in [0.2, 0.25) is 10.0 Å². The zero-order valence-corrected chi connectivity index (χ0v) is 15.4. The third kappa shape index (κ3) is 4.34. The van der Waals surface area contributed by atoms with Gasteiger partial charge < -0.3 is 0 Å². The quantitative estimate of drug-likeness (QED) is 0.850. The molecule has 124 valence electrons. The van der Waals surface area contributed by atoms with Crippen LogP contribution in [0.2, 0.25) is 5.02 Å². The van der Waals surface area contributed by atoms with Crippen molar-refractivity contribution in [2.24, 2.45) is 0 Å². The second-order valence-electron chi connectivity index (χ2n) is 6.46. The first-order valence-corrected chi connectivity index (χ1v) is 9.38. The Morgan fingerprint density at radius 2 is 1.48 bits per heavy atom. The highest BCUT2D eigenvalue weighted by Gasteiger charge is 2.27. The molecule has 2 aromatic carbocycles. The van der Waals surface area contributed by atoms with Gasteiger partial charge in [-0.15, -0.1) is 0 Å². The van der Waals surface area contributed by atoms with Gasteiger partial charge in [0.1, 0.15) is 0 Å². The largest absolute Gasteiger partial charge is 0.241 e. The molecule has 5 heteroatoms. The van der Waals surface area contributed by atoms with Gasteiger partial charge in [0, 0.05) is 5.02 Å². The van der Waals surface area contributed by atoms with Gasteiger partial charge >= 0.3 is 0 Å². The summed E-state index contributed by atoms with van der Waals surface area (Å²) in [6.07, 6.45) is 0. The minimum absolute atomic E-state index is 0.268. The number of hydrogen-bond donors (Lipinski definition) is 1. The molecule has 0 heterocycles. The van der Waals surface area contributed by atoms with Crippen LogP contribution in [-0.4, -0.2) is 8.42 Å². The Hall–Kier alpha value is -1.36. The van der Waals surface area contributed by atoms with Crippen molar-refractivity contribution in [3.8, 4) is 0 Å². The zero-order chi connectivity index (χ0) is 17.3. The molecule has 1 N–H and O–H groups in total. The summed E-state index contributed by atoms with van der Waals surface area (Å²) in [5, 5.41) is 0.622. The molecule has 2 aromatic rings. The van der Waals surface area contributed by atoms with Crippen molar-refractivity contribution in [2.75, 3.05) is 0 Å². The van der Waals surface area contributed by atoms with Gasteiger partial charge in [-0.1, -0.05) is 49.7 Å². The van der Waals surface area contributed by atoms with E-state index in [1.165, 1.54) is 0 Å². The lowest BCUT2D eigenvalue weighted by molar-refractivity contribution is 0.472. The fraction of sp³-hybridized carbons (Fsp3) is 0.333. The van der Waals surface area contributed by atoms with Crippen molar-refractivity contribution in [3.63, 3.8) is 0 Å². The summed E-state index contributed by atoms with van der Waals surface area (Å²) in [5.74, 6) is 0.366. The second kappa shape index (κ2) is 6.63. The van der Waals surface area contributed by atoms with Gasteiger partial charge in [0.25, 0.3) is 0 Å². The van der Waals surface area contributed by atoms with E-state index < -0.39 is 15.6 Å². The SMILES string of the molecule is CC(C)c1ccc(S(=O)(=O)NC(C)(C)c2ccc(Cl)cc2)cc1. The normalized spacial score (nSPS) is 12.6. The number of hydrogen-bond acceptors (Lipinski definition) is 2. The molecule has 0 radical (unpaired) electrons. The standard InChI is InChI=1S/C18H22ClNO2S/c1-13(2)14-5-11-17(12-6-14)23(21,22)20-18(3,4)15-7-9-16(19)10-8-15/h5-13,20H,1-4H3. The summed E-state index contributed by atoms with van der Waals surface area (Å²) in [5.41, 5.74) is 1.23. The molecule has 23 heavy (non-hydrogen) atoms. The molecular formula is C18H22ClNO2S. The van der Waals surface area contributed by atoms with E-state index in [1.54, 1.807) is 24.3 Å². The van der Waals surface area contributed by atoms with Gasteiger partial charge in [-0.25, -0.2) is 13.1 Å². The Labute approximate surface area is 143 Å². The first-order valence-electron chi connectivity index (χ1n) is 7.52. The molecule has 0 bridgehead atoms. The van der Waals surface area contributed by atoms with Gasteiger partial charge in [-0.3, -0.25) is 0 Å². The van der Waals surface area contributed by atoms with E-state index in [4.69, 9.17) is 11.6 Å². The highest BCUT2D eigenvalue weighted by Crippen LogP contribution is 2.25. The summed E-state index contributed by atoms with van der Waals surface area (Å²) < 4.78 is 28.0. The highest BCUT2D eigenvalue weighted by molar-refractivity contribution is 7.89. The van der Waals surface area contributed by atoms with Crippen LogP contribution in [0.4, 0.5) is 0 Å². The van der Waals surface area contributed by atoms with Crippen molar-refractivity contribution < 1.29 is 8.42 Å². The smallest absolute Gasteiger partial charge is 0.207 e. The van der Waals surface area contributed by atoms with Crippen LogP contribution in [0.25, 0.3) is 0 Å². The van der Waals surface area contributed by atoms with Crippen molar-refractivity contribution in [1.29, 1.82) is 0 Å². The average molecular weight is 352 g/mol. The van der Waals surface area contributed by atoms with Crippen LogP contribution in [0, 0.1) is 0 Å². The Kier molecular flexibility index (Phi) is 5.19. The second-order valence-corrected chi connectivity index (χ2v) is 8.58. The molecule has 0 atom stereocenters. The summed E-state index contributed by atoms with van der Waals surface area (Å²) >= 11 is 5.89. The molecule has 0 aliphatic heterocycles. The Bertz CT molecular complexity index is 764. The Balaban J connectivity index is 2.27. The summed E-state index contributed by atoms with van der Waals surface area (Å²) in [6.45, 7) is 7.81. The Morgan fingerprint density at radius 1 is 0.957 bits per heavy atom. The molecule has 0 aliphatic rings. The minimum atomic E-state index is -3.60. The Morgan fingerprint density at radius 3 is 1.96 bits per heavy atom. The first-order chi connectivity index (χ1) is 10.6. The summed E-state index contributed by atoms with van der Waals surface area (Å²) in [4.78, 5) is 0.268. The van der Waals surface area contributed by atoms with Crippen LogP contribution in [0.3, 0.4) is 0 Å². The molecule has 0 spiro atoms. The number of nitrogens with one attached hydrogen (secondary N) is 1. The molecular weight excluding hydrogens is 330 g/mol. The van der Waals surface area contributed by atoms with E-state index in [-0.39, 0.29) is 4.90 Å². The number of benzene rings is 2. The number of halogens is 1. The maximum Gasteiger partial charge on any atom is 0.241 e. The van der Waals surface area contributed by atoms with E-state index in [2.05, 4.69) is 18.6 Å². The molecule has 0 amide bonds. The average Bonchev–Trinajstić information content (AvgIpc) is 2.46. The lowest BCUT2D eigenvalue weighted by Crippen LogP contribution is -2.40. The van der Waals surface area contributed by atoms with Crippen LogP contribution < -0.4 is 4.72 Å². The lowest BCUT2D eigenvalue weighted by Gasteiger charge is -2.26. The van der Waals surface area contributed by atoms with Gasteiger partial charge in [0.05, 0.1) is 10.4 Å². The zero-order valence-electron chi connectivity index (χ0n) is 13.8. The van der Waals surface area contributed by atoms with Gasteiger partial charge in [0.15, 0.2) is 0 Å². The van der Waals surface area contributed by atoms with Crippen LogP contribution >= 0.6 is 11.6 Å². The fourth-order valence-corrected chi connectivity index (χ4v) is 3.88. The topological polar surface area (TPSA) is 46.2 Å². The van der Waals surface area contributed by atoms with E-state index in [0.717, 1.165) is 11.1 Å². The first kappa shape index (κ1) is 18.0. The molecule has 0 saturated heterocycles. The van der Waals surface area contributed by atoms with Crippen molar-refractivity contribution in [3.05, 3.63) is 64.7 Å². The van der Waals surface area contributed by atoms with E-state index in [0.29, 0.717) is 10.9 Å². The molecule has 3 nitrogen and oxygen atoms in total. The predicted octanol–water partition coefficient (Wildman–Crippen LogP) is 4.68. The highest BCUT2D eigenvalue weighted by atomic mass is 35.5. The summed E-state index contributed by atoms with van der Waals surface area (Å²) in [6, 6.07) is 14.2. The predicted molar refractivity (Wildman–Crippen MR) is 95.3 cm³/mol. The maximum atomic E-state index is 12.6. The number of rotatable bonds is 5. The monoisotopic (exact) mass is 351 g/mol. The van der Waals surface area contributed by atoms with E-state index in [9.17, 15) is 8.42 Å². The molecule has 0 saturated carbocycles. The van der Waals surface area contributed by atoms with E-state index >= 15 is 0 Å². The van der Waals surface area contributed by atoms with Crippen molar-refractivity contribution >= 4 is 21.6 Å². The van der Waals surface area contributed by atoms with Crippen LogP contribution in [0.5, 0.6) is 0 Å². The third-order valence-corrected chi connectivity index (χ3v) is 5.74. The van der Waals surface area contributed by atoms with Crippen LogP contribution in [0.1, 0.15) is 44.7 Å². The number of sulfonamides is 1. The summed E-state index contributed by atoms with van der Waals surface area (Å²) in [7, 11) is -3.60. The van der Waals surface area contributed by atoms with E-state index in [1.807, 2.05) is 38.1 Å². The van der Waals surface area contributed by atoms with Crippen LogP contribution in [-0.2, 0) is 15.6 Å². The lowest BCUT2D eigenvalue weighted by atomic mass is 9.96. The van der Waals surface area contributed by atoms with Crippen molar-refractivity contribution in [2.45, 2.75) is 44.0 Å². The fourth-order valence-electron chi connectivity index (χ4n) is 2.35. The maximum absolute atomic E-state index is 12.6. The molecule has 2 rings (SSSR count). The third-order valence-electron chi connectivity index (χ3n) is 3.81. The molecule has 0 aromatic heterocycles. The minimum Gasteiger partial charge on any atom is -0.207 e. The van der Waals surface area contributed by atoms with Gasteiger partial charge in [-0.2, -0.15) is 0 Å². The molecule has 0 unspecified atom stereocenters. The molecule has 0 fully saturated rings. The van der Waals surface area contributed by atoms with Gasteiger partial charge in [-0.05, 0) is 55.2 Å². The van der Waals surface area contributed by atoms with Crippen molar-refractivity contribution in [1.82, 2.24) is 4.72 Å². The molecule has 0 aliphatic carbocycles. The van der Waals surface area contributed by atoms with Crippen LogP contribution in [0.15, 0.2) is 53.4 Å².